The molecule has 3 rings (SSSR count). The van der Waals surface area contributed by atoms with Crippen LogP contribution in [0.25, 0.3) is 10.9 Å². The number of carbonyl (C=O) groups excluding carboxylic acids is 1. The van der Waals surface area contributed by atoms with E-state index in [2.05, 4.69) is 9.72 Å². The van der Waals surface area contributed by atoms with E-state index in [0.717, 1.165) is 0 Å². The van der Waals surface area contributed by atoms with Gasteiger partial charge in [0.1, 0.15) is 11.4 Å². The van der Waals surface area contributed by atoms with E-state index >= 15 is 0 Å². The molecular weight excluding hydrogens is 373 g/mol. The van der Waals surface area contributed by atoms with Crippen molar-refractivity contribution >= 4 is 34.5 Å². The number of alkyl halides is 3. The predicted molar refractivity (Wildman–Crippen MR) is 89.4 cm³/mol. The number of amides is 1. The summed E-state index contributed by atoms with van der Waals surface area (Å²) >= 11 is 1.58. The van der Waals surface area contributed by atoms with Crippen LogP contribution < -0.4 is 4.74 Å². The maximum absolute atomic E-state index is 12.8. The highest BCUT2D eigenvalue weighted by atomic mass is 32.2. The van der Waals surface area contributed by atoms with E-state index < -0.39 is 18.4 Å². The predicted octanol–water partition coefficient (Wildman–Crippen LogP) is 3.10. The Kier molecular flexibility index (Phi) is 5.03. The van der Waals surface area contributed by atoms with Crippen molar-refractivity contribution in [3.8, 4) is 5.75 Å². The number of benzene rings is 1. The third kappa shape index (κ3) is 4.24. The van der Waals surface area contributed by atoms with Crippen molar-refractivity contribution in [2.75, 3.05) is 18.1 Å². The summed E-state index contributed by atoms with van der Waals surface area (Å²) in [5.74, 6) is -0.510. The molecule has 1 atom stereocenters. The number of carboxylic acids is 1. The minimum Gasteiger partial charge on any atom is -0.481 e. The standard InChI is InChI=1S/C16H15F3N2O4S/c17-16(18,19)25-11-2-1-9-5-13(20-12(9)7-11)15(24)21-3-4-26-8-10(21)6-14(22)23/h1-2,5,7,10,20H,3-4,6,8H2,(H,22,23). The number of nitrogens with one attached hydrogen (secondary N) is 1. The lowest BCUT2D eigenvalue weighted by Gasteiger charge is -2.34. The van der Waals surface area contributed by atoms with E-state index in [9.17, 15) is 22.8 Å². The van der Waals surface area contributed by atoms with E-state index in [1.54, 1.807) is 11.8 Å². The largest absolute Gasteiger partial charge is 0.573 e. The van der Waals surface area contributed by atoms with Crippen LogP contribution in [0.5, 0.6) is 5.75 Å². The molecule has 0 saturated carbocycles. The van der Waals surface area contributed by atoms with Crippen LogP contribution in [-0.2, 0) is 4.79 Å². The Labute approximate surface area is 150 Å². The second kappa shape index (κ2) is 7.10. The first-order chi connectivity index (χ1) is 12.2. The SMILES string of the molecule is O=C(O)CC1CSCCN1C(=O)c1cc2ccc(OC(F)(F)F)cc2[nH]1. The zero-order valence-corrected chi connectivity index (χ0v) is 14.2. The van der Waals surface area contributed by atoms with Gasteiger partial charge in [-0.25, -0.2) is 0 Å². The Morgan fingerprint density at radius 3 is 2.81 bits per heavy atom. The number of thioether (sulfide) groups is 1. The fourth-order valence-corrected chi connectivity index (χ4v) is 3.93. The zero-order valence-electron chi connectivity index (χ0n) is 13.4. The van der Waals surface area contributed by atoms with Crippen LogP contribution in [0.3, 0.4) is 0 Å². The van der Waals surface area contributed by atoms with Crippen molar-refractivity contribution in [3.63, 3.8) is 0 Å². The number of aromatic nitrogens is 1. The number of hydrogen-bond acceptors (Lipinski definition) is 4. The van der Waals surface area contributed by atoms with Crippen molar-refractivity contribution in [1.82, 2.24) is 9.88 Å². The van der Waals surface area contributed by atoms with Crippen LogP contribution in [0.1, 0.15) is 16.9 Å². The number of halogens is 3. The summed E-state index contributed by atoms with van der Waals surface area (Å²) in [6, 6.07) is 4.87. The minimum absolute atomic E-state index is 0.150. The van der Waals surface area contributed by atoms with Crippen LogP contribution in [0.15, 0.2) is 24.3 Å². The molecule has 1 aromatic carbocycles. The lowest BCUT2D eigenvalue weighted by Crippen LogP contribution is -2.47. The molecule has 1 saturated heterocycles. The van der Waals surface area contributed by atoms with Crippen LogP contribution in [0.2, 0.25) is 0 Å². The summed E-state index contributed by atoms with van der Waals surface area (Å²) < 4.78 is 40.8. The van der Waals surface area contributed by atoms with Gasteiger partial charge in [-0.15, -0.1) is 13.2 Å². The number of carboxylic acid groups (broad SMARTS) is 1. The Hall–Kier alpha value is -2.36. The highest BCUT2D eigenvalue weighted by Gasteiger charge is 2.32. The normalized spacial score (nSPS) is 18.1. The molecule has 10 heteroatoms. The lowest BCUT2D eigenvalue weighted by molar-refractivity contribution is -0.274. The molecule has 0 aliphatic carbocycles. The summed E-state index contributed by atoms with van der Waals surface area (Å²) in [5.41, 5.74) is 0.530. The van der Waals surface area contributed by atoms with E-state index in [1.165, 1.54) is 29.2 Å². The number of nitrogens with zero attached hydrogens (tertiary/aromatic N) is 1. The second-order valence-electron chi connectivity index (χ2n) is 5.81. The molecule has 2 N–H and O–H groups in total. The number of aromatic amines is 1. The third-order valence-electron chi connectivity index (χ3n) is 3.96. The molecule has 2 heterocycles. The Bertz CT molecular complexity index is 836. The van der Waals surface area contributed by atoms with Crippen molar-refractivity contribution in [1.29, 1.82) is 0 Å². The van der Waals surface area contributed by atoms with E-state index in [1.807, 2.05) is 0 Å². The number of ether oxygens (including phenoxy) is 1. The first kappa shape index (κ1) is 18.4. The first-order valence-electron chi connectivity index (χ1n) is 7.72. The molecule has 26 heavy (non-hydrogen) atoms. The molecule has 6 nitrogen and oxygen atoms in total. The molecule has 0 spiro atoms. The molecule has 2 aromatic rings. The van der Waals surface area contributed by atoms with E-state index in [-0.39, 0.29) is 23.8 Å². The molecule has 1 aliphatic rings. The number of fused-ring (bicyclic) bond motifs is 1. The molecule has 0 bridgehead atoms. The van der Waals surface area contributed by atoms with Gasteiger partial charge in [-0.05, 0) is 18.2 Å². The van der Waals surface area contributed by atoms with Crippen molar-refractivity contribution < 1.29 is 32.6 Å². The molecule has 1 unspecified atom stereocenters. The minimum atomic E-state index is -4.80. The molecule has 1 fully saturated rings. The van der Waals surface area contributed by atoms with E-state index in [0.29, 0.717) is 29.0 Å². The van der Waals surface area contributed by atoms with Gasteiger partial charge in [0.05, 0.1) is 12.5 Å². The first-order valence-corrected chi connectivity index (χ1v) is 8.87. The van der Waals surface area contributed by atoms with E-state index in [4.69, 9.17) is 5.11 Å². The monoisotopic (exact) mass is 388 g/mol. The quantitative estimate of drug-likeness (QED) is 0.841. The fraction of sp³-hybridized carbons (Fsp3) is 0.375. The number of rotatable bonds is 4. The smallest absolute Gasteiger partial charge is 0.481 e. The Balaban J connectivity index is 1.84. The van der Waals surface area contributed by atoms with Crippen LogP contribution in [0, 0.1) is 0 Å². The summed E-state index contributed by atoms with van der Waals surface area (Å²) in [7, 11) is 0. The molecule has 1 aliphatic heterocycles. The fourth-order valence-electron chi connectivity index (χ4n) is 2.87. The van der Waals surface area contributed by atoms with Gasteiger partial charge >= 0.3 is 12.3 Å². The summed E-state index contributed by atoms with van der Waals surface area (Å²) in [6.07, 6.45) is -4.95. The van der Waals surface area contributed by atoms with Crippen molar-refractivity contribution in [2.45, 2.75) is 18.8 Å². The molecule has 140 valence electrons. The molecule has 0 radical (unpaired) electrons. The van der Waals surface area contributed by atoms with Gasteiger partial charge in [0, 0.05) is 35.0 Å². The maximum Gasteiger partial charge on any atom is 0.573 e. The number of aliphatic carboxylic acids is 1. The lowest BCUT2D eigenvalue weighted by atomic mass is 10.1. The second-order valence-corrected chi connectivity index (χ2v) is 6.95. The van der Waals surface area contributed by atoms with Crippen molar-refractivity contribution in [2.24, 2.45) is 0 Å². The highest BCUT2D eigenvalue weighted by Crippen LogP contribution is 2.28. The molecule has 1 aromatic heterocycles. The molecule has 1 amide bonds. The maximum atomic E-state index is 12.8. The van der Waals surface area contributed by atoms with Crippen LogP contribution >= 0.6 is 11.8 Å². The summed E-state index contributed by atoms with van der Waals surface area (Å²) in [4.78, 5) is 28.1. The van der Waals surface area contributed by atoms with Crippen LogP contribution in [-0.4, -0.2) is 57.3 Å². The average molecular weight is 388 g/mol. The van der Waals surface area contributed by atoms with Gasteiger partial charge in [0.25, 0.3) is 5.91 Å². The summed E-state index contributed by atoms with van der Waals surface area (Å²) in [6.45, 7) is 0.416. The van der Waals surface area contributed by atoms with Gasteiger partial charge in [0.2, 0.25) is 0 Å². The van der Waals surface area contributed by atoms with Gasteiger partial charge in [-0.2, -0.15) is 11.8 Å². The van der Waals surface area contributed by atoms with Gasteiger partial charge in [-0.1, -0.05) is 0 Å². The zero-order chi connectivity index (χ0) is 18.9. The van der Waals surface area contributed by atoms with Crippen molar-refractivity contribution in [3.05, 3.63) is 30.0 Å². The third-order valence-corrected chi connectivity index (χ3v) is 5.05. The Morgan fingerprint density at radius 1 is 1.35 bits per heavy atom. The highest BCUT2D eigenvalue weighted by molar-refractivity contribution is 7.99. The van der Waals surface area contributed by atoms with Gasteiger partial charge in [-0.3, -0.25) is 9.59 Å². The summed E-state index contributed by atoms with van der Waals surface area (Å²) in [5, 5.41) is 9.57. The number of carbonyl (C=O) groups is 2. The number of hydrogen-bond donors (Lipinski definition) is 2. The number of H-pyrrole nitrogens is 1. The van der Waals surface area contributed by atoms with Crippen LogP contribution in [0.4, 0.5) is 13.2 Å². The Morgan fingerprint density at radius 2 is 2.12 bits per heavy atom. The molecular formula is C16H15F3N2O4S. The van der Waals surface area contributed by atoms with Gasteiger partial charge in [0.15, 0.2) is 0 Å². The average Bonchev–Trinajstić information content (AvgIpc) is 2.96. The van der Waals surface area contributed by atoms with Gasteiger partial charge < -0.3 is 19.7 Å². The topological polar surface area (TPSA) is 82.6 Å².